The summed E-state index contributed by atoms with van der Waals surface area (Å²) < 4.78 is 10.3. The molecule has 0 bridgehead atoms. The van der Waals surface area contributed by atoms with Crippen LogP contribution in [0.3, 0.4) is 0 Å². The molecule has 16 heavy (non-hydrogen) atoms. The maximum absolute atomic E-state index is 12.0. The van der Waals surface area contributed by atoms with E-state index in [-0.39, 0.29) is 5.97 Å². The Hall–Kier alpha value is -0.610. The van der Waals surface area contributed by atoms with Crippen molar-refractivity contribution in [1.29, 1.82) is 0 Å². The molecule has 4 heteroatoms. The van der Waals surface area contributed by atoms with Crippen molar-refractivity contribution in [1.82, 2.24) is 5.32 Å². The molecule has 1 aliphatic carbocycles. The van der Waals surface area contributed by atoms with Gasteiger partial charge in [-0.3, -0.25) is 5.32 Å². The molecule has 4 nitrogen and oxygen atoms in total. The summed E-state index contributed by atoms with van der Waals surface area (Å²) in [7, 11) is 1.61. The van der Waals surface area contributed by atoms with Gasteiger partial charge < -0.3 is 9.47 Å². The van der Waals surface area contributed by atoms with Crippen LogP contribution in [-0.4, -0.2) is 38.4 Å². The van der Waals surface area contributed by atoms with Gasteiger partial charge in [0.05, 0.1) is 13.2 Å². The fourth-order valence-electron chi connectivity index (χ4n) is 1.73. The molecule has 0 radical (unpaired) electrons. The Kier molecular flexibility index (Phi) is 5.22. The normalized spacial score (nSPS) is 19.2. The lowest BCUT2D eigenvalue weighted by Crippen LogP contribution is -2.56. The first-order chi connectivity index (χ1) is 7.68. The van der Waals surface area contributed by atoms with Crippen molar-refractivity contribution in [2.24, 2.45) is 5.92 Å². The van der Waals surface area contributed by atoms with Crippen LogP contribution < -0.4 is 5.32 Å². The van der Waals surface area contributed by atoms with E-state index in [1.54, 1.807) is 7.11 Å². The van der Waals surface area contributed by atoms with E-state index in [1.807, 2.05) is 13.8 Å². The Morgan fingerprint density at radius 1 is 1.44 bits per heavy atom. The Morgan fingerprint density at radius 3 is 2.56 bits per heavy atom. The Bertz CT molecular complexity index is 228. The fourth-order valence-corrected chi connectivity index (χ4v) is 1.73. The maximum Gasteiger partial charge on any atom is 0.328 e. The van der Waals surface area contributed by atoms with E-state index in [0.717, 1.165) is 12.5 Å². The third-order valence-electron chi connectivity index (χ3n) is 3.09. The minimum Gasteiger partial charge on any atom is -0.465 e. The predicted molar refractivity (Wildman–Crippen MR) is 62.3 cm³/mol. The molecule has 94 valence electrons. The fraction of sp³-hybridized carbons (Fsp3) is 0.917. The van der Waals surface area contributed by atoms with E-state index in [9.17, 15) is 4.79 Å². The van der Waals surface area contributed by atoms with Gasteiger partial charge in [0, 0.05) is 7.11 Å². The zero-order chi connectivity index (χ0) is 12.0. The van der Waals surface area contributed by atoms with Crippen LogP contribution in [0.15, 0.2) is 0 Å². The van der Waals surface area contributed by atoms with Gasteiger partial charge in [0.25, 0.3) is 0 Å². The number of hydrogen-bond acceptors (Lipinski definition) is 4. The van der Waals surface area contributed by atoms with E-state index >= 15 is 0 Å². The van der Waals surface area contributed by atoms with E-state index in [2.05, 4.69) is 5.32 Å². The lowest BCUT2D eigenvalue weighted by Gasteiger charge is -2.30. The second-order valence-electron chi connectivity index (χ2n) is 4.41. The van der Waals surface area contributed by atoms with Crippen LogP contribution in [0.4, 0.5) is 0 Å². The SMILES string of the molecule is CCOC(=O)C(CC)(COC)NCC1CC1. The smallest absolute Gasteiger partial charge is 0.328 e. The lowest BCUT2D eigenvalue weighted by molar-refractivity contribution is -0.154. The number of ether oxygens (including phenoxy) is 2. The number of nitrogens with one attached hydrogen (secondary N) is 1. The summed E-state index contributed by atoms with van der Waals surface area (Å²) in [6.07, 6.45) is 3.22. The van der Waals surface area contributed by atoms with E-state index in [1.165, 1.54) is 12.8 Å². The van der Waals surface area contributed by atoms with Crippen molar-refractivity contribution in [3.8, 4) is 0 Å². The minimum absolute atomic E-state index is 0.194. The molecule has 1 N–H and O–H groups in total. The monoisotopic (exact) mass is 229 g/mol. The average molecular weight is 229 g/mol. The van der Waals surface area contributed by atoms with E-state index in [0.29, 0.717) is 19.6 Å². The molecule has 1 unspecified atom stereocenters. The summed E-state index contributed by atoms with van der Waals surface area (Å²) in [4.78, 5) is 12.0. The molecular formula is C12H23NO3. The second-order valence-corrected chi connectivity index (χ2v) is 4.41. The first-order valence-corrected chi connectivity index (χ1v) is 6.09. The van der Waals surface area contributed by atoms with E-state index < -0.39 is 5.54 Å². The summed E-state index contributed by atoms with van der Waals surface area (Å²) >= 11 is 0. The summed E-state index contributed by atoms with van der Waals surface area (Å²) in [5.41, 5.74) is -0.659. The highest BCUT2D eigenvalue weighted by Crippen LogP contribution is 2.29. The molecule has 1 fully saturated rings. The van der Waals surface area contributed by atoms with Crippen LogP contribution in [0.1, 0.15) is 33.1 Å². The van der Waals surface area contributed by atoms with Gasteiger partial charge in [0.2, 0.25) is 0 Å². The summed E-state index contributed by atoms with van der Waals surface area (Å²) in [6.45, 7) is 5.47. The second kappa shape index (κ2) is 6.21. The van der Waals surface area contributed by atoms with Crippen molar-refractivity contribution >= 4 is 5.97 Å². The first kappa shape index (κ1) is 13.5. The Morgan fingerprint density at radius 2 is 2.12 bits per heavy atom. The number of carbonyl (C=O) groups excluding carboxylic acids is 1. The predicted octanol–water partition coefficient (Wildman–Crippen LogP) is 1.34. The third-order valence-corrected chi connectivity index (χ3v) is 3.09. The lowest BCUT2D eigenvalue weighted by atomic mass is 9.97. The van der Waals surface area contributed by atoms with Crippen LogP contribution in [-0.2, 0) is 14.3 Å². The number of carbonyl (C=O) groups is 1. The molecule has 1 rings (SSSR count). The molecule has 0 aliphatic heterocycles. The van der Waals surface area contributed by atoms with Crippen molar-refractivity contribution < 1.29 is 14.3 Å². The molecule has 0 heterocycles. The summed E-state index contributed by atoms with van der Waals surface area (Å²) in [5.74, 6) is 0.539. The van der Waals surface area contributed by atoms with E-state index in [4.69, 9.17) is 9.47 Å². The molecular weight excluding hydrogens is 206 g/mol. The quantitative estimate of drug-likeness (QED) is 0.638. The number of hydrogen-bond donors (Lipinski definition) is 1. The molecule has 1 atom stereocenters. The topological polar surface area (TPSA) is 47.6 Å². The zero-order valence-corrected chi connectivity index (χ0v) is 10.5. The molecule has 0 aromatic rings. The third kappa shape index (κ3) is 3.46. The highest BCUT2D eigenvalue weighted by atomic mass is 16.5. The summed E-state index contributed by atoms with van der Waals surface area (Å²) in [6, 6.07) is 0. The van der Waals surface area contributed by atoms with Crippen molar-refractivity contribution in [3.05, 3.63) is 0 Å². The Balaban J connectivity index is 2.58. The van der Waals surface area contributed by atoms with Crippen LogP contribution in [0.25, 0.3) is 0 Å². The highest BCUT2D eigenvalue weighted by Gasteiger charge is 2.39. The largest absolute Gasteiger partial charge is 0.465 e. The maximum atomic E-state index is 12.0. The number of methoxy groups -OCH3 is 1. The molecule has 1 aliphatic rings. The zero-order valence-electron chi connectivity index (χ0n) is 10.5. The highest BCUT2D eigenvalue weighted by molar-refractivity contribution is 5.81. The molecule has 0 amide bonds. The van der Waals surface area contributed by atoms with Gasteiger partial charge in [-0.15, -0.1) is 0 Å². The molecule has 0 spiro atoms. The van der Waals surface area contributed by atoms with Crippen molar-refractivity contribution in [3.63, 3.8) is 0 Å². The molecule has 0 aromatic heterocycles. The van der Waals surface area contributed by atoms with Crippen molar-refractivity contribution in [2.75, 3.05) is 26.9 Å². The van der Waals surface area contributed by atoms with Gasteiger partial charge in [-0.25, -0.2) is 4.79 Å². The minimum atomic E-state index is -0.659. The van der Waals surface area contributed by atoms with Gasteiger partial charge in [0.1, 0.15) is 5.54 Å². The number of rotatable bonds is 8. The molecule has 0 saturated heterocycles. The van der Waals surface area contributed by atoms with Gasteiger partial charge in [-0.2, -0.15) is 0 Å². The van der Waals surface area contributed by atoms with Crippen LogP contribution in [0.2, 0.25) is 0 Å². The van der Waals surface area contributed by atoms with Gasteiger partial charge >= 0.3 is 5.97 Å². The van der Waals surface area contributed by atoms with Crippen LogP contribution in [0, 0.1) is 5.92 Å². The van der Waals surface area contributed by atoms with Crippen LogP contribution in [0.5, 0.6) is 0 Å². The average Bonchev–Trinajstić information content (AvgIpc) is 3.08. The van der Waals surface area contributed by atoms with Gasteiger partial charge in [-0.1, -0.05) is 6.92 Å². The van der Waals surface area contributed by atoms with Gasteiger partial charge in [-0.05, 0) is 38.6 Å². The molecule has 0 aromatic carbocycles. The van der Waals surface area contributed by atoms with Crippen molar-refractivity contribution in [2.45, 2.75) is 38.6 Å². The van der Waals surface area contributed by atoms with Gasteiger partial charge in [0.15, 0.2) is 0 Å². The van der Waals surface area contributed by atoms with Crippen LogP contribution >= 0.6 is 0 Å². The Labute approximate surface area is 97.7 Å². The first-order valence-electron chi connectivity index (χ1n) is 6.09. The number of esters is 1. The standard InChI is InChI=1S/C12H23NO3/c1-4-12(9-15-3,11(14)16-5-2)13-8-10-6-7-10/h10,13H,4-9H2,1-3H3. The molecule has 1 saturated carbocycles. The summed E-state index contributed by atoms with van der Waals surface area (Å²) in [5, 5.41) is 3.33.